The molecule has 25 heavy (non-hydrogen) atoms. The van der Waals surface area contributed by atoms with Crippen molar-refractivity contribution in [3.05, 3.63) is 34.9 Å². The predicted molar refractivity (Wildman–Crippen MR) is 106 cm³/mol. The van der Waals surface area contributed by atoms with Crippen LogP contribution in [-0.4, -0.2) is 43.5 Å². The molecule has 0 aromatic heterocycles. The van der Waals surface area contributed by atoms with E-state index in [1.54, 1.807) is 24.3 Å². The molecule has 0 spiro atoms. The van der Waals surface area contributed by atoms with Gasteiger partial charge >= 0.3 is 5.97 Å². The van der Waals surface area contributed by atoms with Crippen LogP contribution in [0.4, 0.5) is 0 Å². The topological polar surface area (TPSA) is 60.4 Å². The third-order valence-electron chi connectivity index (χ3n) is 3.55. The highest BCUT2D eigenvalue weighted by Crippen LogP contribution is 2.12. The van der Waals surface area contributed by atoms with Crippen LogP contribution in [0, 0.1) is 0 Å². The fourth-order valence-corrected chi connectivity index (χ4v) is 5.14. The van der Waals surface area contributed by atoms with Crippen molar-refractivity contribution in [3.8, 4) is 0 Å². The molecular weight excluding hydrogens is 380 g/mol. The number of esters is 1. The van der Waals surface area contributed by atoms with Gasteiger partial charge in [-0.2, -0.15) is 0 Å². The van der Waals surface area contributed by atoms with Crippen LogP contribution in [0.2, 0.25) is 5.02 Å². The van der Waals surface area contributed by atoms with Crippen LogP contribution in [0.1, 0.15) is 49.9 Å². The fourth-order valence-electron chi connectivity index (χ4n) is 2.11. The van der Waals surface area contributed by atoms with Gasteiger partial charge in [-0.05, 0) is 37.1 Å². The van der Waals surface area contributed by atoms with Crippen molar-refractivity contribution in [2.75, 3.05) is 23.0 Å². The predicted octanol–water partition coefficient (Wildman–Crippen LogP) is 3.96. The van der Waals surface area contributed by atoms with Gasteiger partial charge in [-0.25, -0.2) is 4.79 Å². The molecule has 0 N–H and O–H groups in total. The molecule has 0 fully saturated rings. The average molecular weight is 407 g/mol. The lowest BCUT2D eigenvalue weighted by Crippen LogP contribution is -2.31. The average Bonchev–Trinajstić information content (AvgIpc) is 2.58. The Morgan fingerprint density at radius 2 is 1.48 bits per heavy atom. The van der Waals surface area contributed by atoms with E-state index in [-0.39, 0.29) is 11.5 Å². The minimum Gasteiger partial charge on any atom is -0.457 e. The van der Waals surface area contributed by atoms with E-state index in [0.29, 0.717) is 22.1 Å². The summed E-state index contributed by atoms with van der Waals surface area (Å²) >= 11 is 5.82. The number of hydrogen-bond donors (Lipinski definition) is 0. The van der Waals surface area contributed by atoms with Gasteiger partial charge in [0.25, 0.3) is 0 Å². The van der Waals surface area contributed by atoms with Gasteiger partial charge in [0.05, 0.1) is 17.1 Å². The molecular formula is C18H27ClO4S2. The Balaban J connectivity index is 2.71. The molecule has 0 amide bonds. The summed E-state index contributed by atoms with van der Waals surface area (Å²) < 4.78 is 29.9. The molecule has 0 radical (unpaired) electrons. The van der Waals surface area contributed by atoms with Crippen molar-refractivity contribution in [3.63, 3.8) is 0 Å². The Labute approximate surface area is 160 Å². The van der Waals surface area contributed by atoms with Crippen molar-refractivity contribution in [2.24, 2.45) is 0 Å². The lowest BCUT2D eigenvalue weighted by Gasteiger charge is -2.17. The Morgan fingerprint density at radius 3 is 1.92 bits per heavy atom. The molecule has 1 aromatic carbocycles. The van der Waals surface area contributed by atoms with E-state index in [1.807, 2.05) is 13.8 Å². The van der Waals surface area contributed by atoms with Crippen molar-refractivity contribution in [1.29, 1.82) is 0 Å². The van der Waals surface area contributed by atoms with E-state index in [9.17, 15) is 13.2 Å². The maximum atomic E-state index is 12.3. The van der Waals surface area contributed by atoms with E-state index in [1.165, 1.54) is 0 Å². The molecule has 1 aromatic rings. The minimum atomic E-state index is -1.08. The summed E-state index contributed by atoms with van der Waals surface area (Å²) in [6.07, 6.45) is 3.05. The van der Waals surface area contributed by atoms with Crippen LogP contribution in [-0.2, 0) is 26.3 Å². The maximum absolute atomic E-state index is 12.3. The molecule has 0 saturated carbocycles. The first kappa shape index (κ1) is 22.3. The lowest BCUT2D eigenvalue weighted by atomic mass is 10.2. The zero-order valence-electron chi connectivity index (χ0n) is 14.9. The first-order valence-corrected chi connectivity index (χ1v) is 12.0. The van der Waals surface area contributed by atoms with Gasteiger partial charge in [-0.1, -0.05) is 38.3 Å². The zero-order chi connectivity index (χ0) is 18.7. The summed E-state index contributed by atoms with van der Waals surface area (Å²) in [5.41, 5.74) is 0.382. The molecule has 7 heteroatoms. The standard InChI is InChI=1S/C18H27ClO4S2/c1-3-5-11-24(21)13-17(14-25(22)12-6-4-2)23-18(20)15-7-9-16(19)10-8-15/h7-10,17H,3-6,11-14H2,1-2H3. The third kappa shape index (κ3) is 9.52. The summed E-state index contributed by atoms with van der Waals surface area (Å²) in [7, 11) is -2.16. The Bertz CT molecular complexity index is 553. The van der Waals surface area contributed by atoms with Crippen LogP contribution in [0.3, 0.4) is 0 Å². The Hall–Kier alpha value is -0.720. The number of rotatable bonds is 12. The molecule has 0 aliphatic carbocycles. The second-order valence-electron chi connectivity index (χ2n) is 5.86. The van der Waals surface area contributed by atoms with Crippen molar-refractivity contribution >= 4 is 39.2 Å². The van der Waals surface area contributed by atoms with E-state index in [4.69, 9.17) is 16.3 Å². The largest absolute Gasteiger partial charge is 0.457 e. The Kier molecular flexibility index (Phi) is 11.3. The highest BCUT2D eigenvalue weighted by molar-refractivity contribution is 7.86. The quantitative estimate of drug-likeness (QED) is 0.493. The first-order chi connectivity index (χ1) is 12.0. The second-order valence-corrected chi connectivity index (χ2v) is 9.54. The summed E-state index contributed by atoms with van der Waals surface area (Å²) in [6.45, 7) is 4.07. The van der Waals surface area contributed by atoms with Gasteiger partial charge in [0.15, 0.2) is 0 Å². The third-order valence-corrected chi connectivity index (χ3v) is 6.78. The number of unbranched alkanes of at least 4 members (excludes halogenated alkanes) is 2. The summed E-state index contributed by atoms with van der Waals surface area (Å²) in [4.78, 5) is 12.3. The zero-order valence-corrected chi connectivity index (χ0v) is 17.3. The molecule has 0 heterocycles. The number of hydrogen-bond acceptors (Lipinski definition) is 4. The van der Waals surface area contributed by atoms with Gasteiger partial charge in [0.2, 0.25) is 0 Å². The smallest absolute Gasteiger partial charge is 0.338 e. The van der Waals surface area contributed by atoms with Crippen molar-refractivity contribution in [2.45, 2.75) is 45.6 Å². The van der Waals surface area contributed by atoms with Crippen LogP contribution < -0.4 is 0 Å². The number of carbonyl (C=O) groups is 1. The molecule has 142 valence electrons. The monoisotopic (exact) mass is 406 g/mol. The van der Waals surface area contributed by atoms with E-state index in [0.717, 1.165) is 25.7 Å². The number of ether oxygens (including phenoxy) is 1. The Morgan fingerprint density at radius 1 is 1.00 bits per heavy atom. The van der Waals surface area contributed by atoms with Crippen LogP contribution in [0.15, 0.2) is 24.3 Å². The normalized spacial score (nSPS) is 14.7. The van der Waals surface area contributed by atoms with Crippen molar-refractivity contribution in [1.82, 2.24) is 0 Å². The molecule has 0 bridgehead atoms. The summed E-state index contributed by atoms with van der Waals surface area (Å²) in [5.74, 6) is 1.12. The van der Waals surface area contributed by atoms with E-state index in [2.05, 4.69) is 0 Å². The summed E-state index contributed by atoms with van der Waals surface area (Å²) in [5, 5.41) is 0.537. The minimum absolute atomic E-state index is 0.233. The number of halogens is 1. The van der Waals surface area contributed by atoms with E-state index < -0.39 is 33.7 Å². The van der Waals surface area contributed by atoms with Gasteiger partial charge < -0.3 is 4.74 Å². The van der Waals surface area contributed by atoms with Gasteiger partial charge in [-0.15, -0.1) is 0 Å². The molecule has 2 atom stereocenters. The van der Waals surface area contributed by atoms with Crippen LogP contribution >= 0.6 is 11.6 Å². The van der Waals surface area contributed by atoms with Gasteiger partial charge in [0.1, 0.15) is 6.10 Å². The number of benzene rings is 1. The first-order valence-electron chi connectivity index (χ1n) is 8.62. The van der Waals surface area contributed by atoms with Gasteiger partial charge in [-0.3, -0.25) is 8.42 Å². The molecule has 2 unspecified atom stereocenters. The molecule has 0 saturated heterocycles. The van der Waals surface area contributed by atoms with Gasteiger partial charge in [0, 0.05) is 38.1 Å². The second kappa shape index (κ2) is 12.6. The number of carbonyl (C=O) groups excluding carboxylic acids is 1. The molecule has 0 aliphatic rings. The van der Waals surface area contributed by atoms with Crippen LogP contribution in [0.25, 0.3) is 0 Å². The lowest BCUT2D eigenvalue weighted by molar-refractivity contribution is 0.0391. The highest BCUT2D eigenvalue weighted by atomic mass is 35.5. The summed E-state index contributed by atoms with van der Waals surface area (Å²) in [6, 6.07) is 6.41. The van der Waals surface area contributed by atoms with E-state index >= 15 is 0 Å². The highest BCUT2D eigenvalue weighted by Gasteiger charge is 2.21. The SMILES string of the molecule is CCCCS(=O)CC(CS(=O)CCCC)OC(=O)c1ccc(Cl)cc1. The van der Waals surface area contributed by atoms with Crippen LogP contribution in [0.5, 0.6) is 0 Å². The fraction of sp³-hybridized carbons (Fsp3) is 0.611. The molecule has 1 rings (SSSR count). The molecule has 0 aliphatic heterocycles. The molecule has 4 nitrogen and oxygen atoms in total. The van der Waals surface area contributed by atoms with Crippen molar-refractivity contribution < 1.29 is 17.9 Å². The maximum Gasteiger partial charge on any atom is 0.338 e.